The Hall–Kier alpha value is -2.08. The summed E-state index contributed by atoms with van der Waals surface area (Å²) in [6.45, 7) is 6.60. The largest absolute Gasteiger partial charge is 0.0616 e. The van der Waals surface area contributed by atoms with Gasteiger partial charge in [-0.1, -0.05) is 72.6 Å². The average molecular weight is 274 g/mol. The lowest BCUT2D eigenvalue weighted by atomic mass is 9.93. The Balaban J connectivity index is 2.06. The van der Waals surface area contributed by atoms with E-state index in [1.54, 1.807) is 0 Å². The van der Waals surface area contributed by atoms with Crippen LogP contribution in [0.15, 0.2) is 54.6 Å². The molecular formula is C21H22. The van der Waals surface area contributed by atoms with Gasteiger partial charge in [0.15, 0.2) is 0 Å². The van der Waals surface area contributed by atoms with Gasteiger partial charge >= 0.3 is 0 Å². The molecule has 0 heterocycles. The van der Waals surface area contributed by atoms with Crippen LogP contribution < -0.4 is 0 Å². The Morgan fingerprint density at radius 1 is 0.714 bits per heavy atom. The highest BCUT2D eigenvalue weighted by atomic mass is 14.1. The summed E-state index contributed by atoms with van der Waals surface area (Å²) in [6.07, 6.45) is 2.11. The van der Waals surface area contributed by atoms with Crippen LogP contribution in [0.3, 0.4) is 0 Å². The molecule has 0 spiro atoms. The Morgan fingerprint density at radius 2 is 1.29 bits per heavy atom. The van der Waals surface area contributed by atoms with E-state index in [9.17, 15) is 0 Å². The van der Waals surface area contributed by atoms with E-state index in [1.807, 2.05) is 0 Å². The number of rotatable bonds is 3. The van der Waals surface area contributed by atoms with E-state index < -0.39 is 0 Å². The zero-order valence-electron chi connectivity index (χ0n) is 13.1. The van der Waals surface area contributed by atoms with Gasteiger partial charge in [0.2, 0.25) is 0 Å². The van der Waals surface area contributed by atoms with Gasteiger partial charge in [-0.3, -0.25) is 0 Å². The third-order valence-electron chi connectivity index (χ3n) is 4.12. The second kappa shape index (κ2) is 5.73. The molecule has 0 saturated heterocycles. The van der Waals surface area contributed by atoms with Gasteiger partial charge < -0.3 is 0 Å². The summed E-state index contributed by atoms with van der Waals surface area (Å²) in [5.74, 6) is 0. The molecule has 3 aromatic carbocycles. The minimum atomic E-state index is 1.02. The molecule has 3 aromatic rings. The van der Waals surface area contributed by atoms with Crippen LogP contribution in [0.1, 0.15) is 34.7 Å². The first-order valence-corrected chi connectivity index (χ1v) is 7.73. The van der Waals surface area contributed by atoms with Gasteiger partial charge in [0.05, 0.1) is 0 Å². The molecule has 0 N–H and O–H groups in total. The maximum atomic E-state index is 2.37. The van der Waals surface area contributed by atoms with Crippen molar-refractivity contribution in [3.05, 3.63) is 82.4 Å². The van der Waals surface area contributed by atoms with E-state index in [1.165, 1.54) is 38.6 Å². The molecule has 0 saturated carbocycles. The lowest BCUT2D eigenvalue weighted by Gasteiger charge is -2.12. The smallest absolute Gasteiger partial charge is 0.00226 e. The molecule has 0 bridgehead atoms. The van der Waals surface area contributed by atoms with Crippen molar-refractivity contribution >= 4 is 10.8 Å². The highest BCUT2D eigenvalue weighted by Gasteiger charge is 2.06. The first kappa shape index (κ1) is 13.9. The number of aryl methyl sites for hydroxylation is 3. The van der Waals surface area contributed by atoms with Crippen LogP contribution in [-0.4, -0.2) is 0 Å². The van der Waals surface area contributed by atoms with Crippen LogP contribution in [-0.2, 0) is 12.8 Å². The minimum absolute atomic E-state index is 1.02. The third kappa shape index (κ3) is 3.00. The number of benzene rings is 3. The minimum Gasteiger partial charge on any atom is -0.0616 e. The maximum absolute atomic E-state index is 2.37. The molecule has 106 valence electrons. The maximum Gasteiger partial charge on any atom is -0.00226 e. The first-order chi connectivity index (χ1) is 10.2. The zero-order chi connectivity index (χ0) is 14.8. The number of hydrogen-bond acceptors (Lipinski definition) is 0. The molecule has 0 radical (unpaired) electrons. The molecule has 0 aromatic heterocycles. The predicted molar refractivity (Wildman–Crippen MR) is 92.0 cm³/mol. The van der Waals surface area contributed by atoms with Crippen LogP contribution in [0.4, 0.5) is 0 Å². The summed E-state index contributed by atoms with van der Waals surface area (Å²) >= 11 is 0. The Labute approximate surface area is 127 Å². The summed E-state index contributed by atoms with van der Waals surface area (Å²) in [7, 11) is 0. The average Bonchev–Trinajstić information content (AvgIpc) is 2.45. The second-order valence-corrected chi connectivity index (χ2v) is 5.99. The molecule has 0 unspecified atom stereocenters. The molecule has 0 nitrogen and oxygen atoms in total. The monoisotopic (exact) mass is 274 g/mol. The van der Waals surface area contributed by atoms with Crippen molar-refractivity contribution in [3.8, 4) is 0 Å². The van der Waals surface area contributed by atoms with Crippen LogP contribution in [0.2, 0.25) is 0 Å². The van der Waals surface area contributed by atoms with Crippen molar-refractivity contribution in [1.29, 1.82) is 0 Å². The highest BCUT2D eigenvalue weighted by molar-refractivity contribution is 5.84. The van der Waals surface area contributed by atoms with Crippen LogP contribution in [0.5, 0.6) is 0 Å². The summed E-state index contributed by atoms with van der Waals surface area (Å²) in [5.41, 5.74) is 7.04. The predicted octanol–water partition coefficient (Wildman–Crippen LogP) is 5.61. The SMILES string of the molecule is CCc1cc2ccccc2cc1Cc1cc(C)cc(C)c1. The van der Waals surface area contributed by atoms with E-state index >= 15 is 0 Å². The van der Waals surface area contributed by atoms with Gasteiger partial charge in [-0.15, -0.1) is 0 Å². The third-order valence-corrected chi connectivity index (χ3v) is 4.12. The van der Waals surface area contributed by atoms with E-state index in [2.05, 4.69) is 75.4 Å². The Kier molecular flexibility index (Phi) is 3.79. The topological polar surface area (TPSA) is 0 Å². The Bertz CT molecular complexity index is 761. The normalized spacial score (nSPS) is 11.0. The zero-order valence-corrected chi connectivity index (χ0v) is 13.1. The fourth-order valence-electron chi connectivity index (χ4n) is 3.22. The molecule has 0 fully saturated rings. The van der Waals surface area contributed by atoms with Crippen LogP contribution in [0, 0.1) is 13.8 Å². The van der Waals surface area contributed by atoms with E-state index in [-0.39, 0.29) is 0 Å². The van der Waals surface area contributed by atoms with Gasteiger partial charge in [0, 0.05) is 0 Å². The van der Waals surface area contributed by atoms with Crippen molar-refractivity contribution in [2.45, 2.75) is 33.6 Å². The molecule has 0 aliphatic heterocycles. The van der Waals surface area contributed by atoms with Crippen molar-refractivity contribution < 1.29 is 0 Å². The van der Waals surface area contributed by atoms with Gasteiger partial charge in [0.25, 0.3) is 0 Å². The van der Waals surface area contributed by atoms with Crippen molar-refractivity contribution in [2.75, 3.05) is 0 Å². The van der Waals surface area contributed by atoms with Crippen LogP contribution in [0.25, 0.3) is 10.8 Å². The fraction of sp³-hybridized carbons (Fsp3) is 0.238. The quantitative estimate of drug-likeness (QED) is 0.582. The lowest BCUT2D eigenvalue weighted by Crippen LogP contribution is -1.96. The highest BCUT2D eigenvalue weighted by Crippen LogP contribution is 2.23. The first-order valence-electron chi connectivity index (χ1n) is 7.73. The summed E-state index contributed by atoms with van der Waals surface area (Å²) in [6, 6.07) is 20.2. The number of hydrogen-bond donors (Lipinski definition) is 0. The van der Waals surface area contributed by atoms with Gasteiger partial charge in [-0.2, -0.15) is 0 Å². The Morgan fingerprint density at radius 3 is 1.86 bits per heavy atom. The fourth-order valence-corrected chi connectivity index (χ4v) is 3.22. The van der Waals surface area contributed by atoms with Crippen molar-refractivity contribution in [1.82, 2.24) is 0 Å². The molecule has 0 amide bonds. The van der Waals surface area contributed by atoms with Gasteiger partial charge in [-0.05, 0) is 54.2 Å². The molecule has 0 aliphatic carbocycles. The summed E-state index contributed by atoms with van der Waals surface area (Å²) < 4.78 is 0. The molecule has 0 heteroatoms. The molecule has 0 aliphatic rings. The molecule has 0 atom stereocenters. The van der Waals surface area contributed by atoms with E-state index in [0.29, 0.717) is 0 Å². The van der Waals surface area contributed by atoms with Crippen LogP contribution >= 0.6 is 0 Å². The second-order valence-electron chi connectivity index (χ2n) is 5.99. The number of fused-ring (bicyclic) bond motifs is 1. The summed E-state index contributed by atoms with van der Waals surface area (Å²) in [5, 5.41) is 2.69. The molecule has 3 rings (SSSR count). The lowest BCUT2D eigenvalue weighted by molar-refractivity contribution is 1.06. The van der Waals surface area contributed by atoms with Gasteiger partial charge in [-0.25, -0.2) is 0 Å². The van der Waals surface area contributed by atoms with Gasteiger partial charge in [0.1, 0.15) is 0 Å². The standard InChI is InChI=1S/C21H22/c1-4-18-13-19-7-5-6-8-20(19)14-21(18)12-17-10-15(2)9-16(3)11-17/h5-11,13-14H,4,12H2,1-3H3. The van der Waals surface area contributed by atoms with Crippen molar-refractivity contribution in [3.63, 3.8) is 0 Å². The van der Waals surface area contributed by atoms with Crippen molar-refractivity contribution in [2.24, 2.45) is 0 Å². The summed E-state index contributed by atoms with van der Waals surface area (Å²) in [4.78, 5) is 0. The molecule has 21 heavy (non-hydrogen) atoms. The van der Waals surface area contributed by atoms with E-state index in [4.69, 9.17) is 0 Å². The molecular weight excluding hydrogens is 252 g/mol. The van der Waals surface area contributed by atoms with E-state index in [0.717, 1.165) is 12.8 Å².